The van der Waals surface area contributed by atoms with E-state index >= 15 is 0 Å². The highest BCUT2D eigenvalue weighted by molar-refractivity contribution is 6.30. The normalized spacial score (nSPS) is 20.7. The lowest BCUT2D eigenvalue weighted by molar-refractivity contribution is -0.170. The maximum absolute atomic E-state index is 12.4. The molecule has 1 saturated heterocycles. The van der Waals surface area contributed by atoms with E-state index in [4.69, 9.17) is 25.8 Å². The van der Waals surface area contributed by atoms with Crippen molar-refractivity contribution in [1.29, 1.82) is 0 Å². The van der Waals surface area contributed by atoms with Crippen LogP contribution in [0.2, 0.25) is 5.02 Å². The summed E-state index contributed by atoms with van der Waals surface area (Å²) in [5.74, 6) is 0.561. The van der Waals surface area contributed by atoms with E-state index in [1.54, 1.807) is 36.3 Å². The van der Waals surface area contributed by atoms with E-state index in [-0.39, 0.29) is 18.6 Å². The van der Waals surface area contributed by atoms with E-state index in [0.717, 1.165) is 0 Å². The topological polar surface area (TPSA) is 48.0 Å². The third-order valence-corrected chi connectivity index (χ3v) is 3.61. The second kappa shape index (κ2) is 7.31. The van der Waals surface area contributed by atoms with Gasteiger partial charge in [-0.25, -0.2) is 0 Å². The van der Waals surface area contributed by atoms with Crippen LogP contribution in [0, 0.1) is 0 Å². The van der Waals surface area contributed by atoms with Crippen LogP contribution in [-0.2, 0) is 14.3 Å². The number of carbonyl (C=O) groups excluding carboxylic acids is 1. The Balaban J connectivity index is 1.91. The summed E-state index contributed by atoms with van der Waals surface area (Å²) in [4.78, 5) is 14.1. The highest BCUT2D eigenvalue weighted by Crippen LogP contribution is 2.22. The molecular weight excluding hydrogens is 306 g/mol. The molecule has 1 atom stereocenters. The molecule has 1 fully saturated rings. The fourth-order valence-corrected chi connectivity index (χ4v) is 2.65. The number of rotatable bonds is 5. The van der Waals surface area contributed by atoms with Crippen molar-refractivity contribution in [2.45, 2.75) is 25.6 Å². The van der Waals surface area contributed by atoms with Crippen LogP contribution in [0.3, 0.4) is 0 Å². The predicted molar refractivity (Wildman–Crippen MR) is 84.4 cm³/mol. The minimum absolute atomic E-state index is 0.00256. The van der Waals surface area contributed by atoms with Crippen molar-refractivity contribution in [3.8, 4) is 5.75 Å². The molecule has 0 bridgehead atoms. The number of methoxy groups -OCH3 is 1. The van der Waals surface area contributed by atoms with Gasteiger partial charge in [0.1, 0.15) is 5.75 Å². The zero-order valence-electron chi connectivity index (χ0n) is 13.2. The first-order valence-corrected chi connectivity index (χ1v) is 7.60. The predicted octanol–water partition coefficient (Wildman–Crippen LogP) is 2.37. The average Bonchev–Trinajstić information content (AvgIpc) is 2.45. The van der Waals surface area contributed by atoms with E-state index in [1.807, 2.05) is 13.8 Å². The number of halogens is 1. The Morgan fingerprint density at radius 1 is 1.41 bits per heavy atom. The first kappa shape index (κ1) is 17.1. The molecule has 1 aromatic rings. The third-order valence-electron chi connectivity index (χ3n) is 3.36. The zero-order valence-corrected chi connectivity index (χ0v) is 13.9. The molecule has 1 heterocycles. The Labute approximate surface area is 136 Å². The summed E-state index contributed by atoms with van der Waals surface area (Å²) < 4.78 is 16.6. The quantitative estimate of drug-likeness (QED) is 0.833. The van der Waals surface area contributed by atoms with E-state index < -0.39 is 5.60 Å². The molecule has 1 amide bonds. The van der Waals surface area contributed by atoms with Gasteiger partial charge >= 0.3 is 0 Å². The van der Waals surface area contributed by atoms with Gasteiger partial charge in [-0.1, -0.05) is 11.6 Å². The van der Waals surface area contributed by atoms with Crippen LogP contribution in [0.15, 0.2) is 24.3 Å². The second-order valence-electron chi connectivity index (χ2n) is 5.97. The van der Waals surface area contributed by atoms with Gasteiger partial charge in [0.25, 0.3) is 5.91 Å². The van der Waals surface area contributed by atoms with Crippen LogP contribution in [0.5, 0.6) is 5.75 Å². The number of ether oxygens (including phenoxy) is 3. The first-order chi connectivity index (χ1) is 10.4. The average molecular weight is 328 g/mol. The number of amides is 1. The van der Waals surface area contributed by atoms with Crippen LogP contribution >= 0.6 is 11.6 Å². The first-order valence-electron chi connectivity index (χ1n) is 7.22. The van der Waals surface area contributed by atoms with Gasteiger partial charge < -0.3 is 19.1 Å². The van der Waals surface area contributed by atoms with Gasteiger partial charge in [-0.3, -0.25) is 4.79 Å². The van der Waals surface area contributed by atoms with Gasteiger partial charge in [0, 0.05) is 25.2 Å². The lowest BCUT2D eigenvalue weighted by Crippen LogP contribution is -2.56. The standard InChI is InChI=1S/C16H22ClNO4/c1-16(2)11-18(8-14(22-16)9-20-3)15(19)10-21-13-6-4-12(17)5-7-13/h4-7,14H,8-11H2,1-3H3/t14-/m0/s1. The van der Waals surface area contributed by atoms with Gasteiger partial charge in [-0.15, -0.1) is 0 Å². The molecule has 0 spiro atoms. The Morgan fingerprint density at radius 2 is 2.09 bits per heavy atom. The summed E-state index contributed by atoms with van der Waals surface area (Å²) in [5, 5.41) is 0.635. The number of morpholine rings is 1. The van der Waals surface area contributed by atoms with Gasteiger partial charge in [0.15, 0.2) is 6.61 Å². The molecule has 22 heavy (non-hydrogen) atoms. The molecule has 0 aliphatic carbocycles. The Bertz CT molecular complexity index is 503. The van der Waals surface area contributed by atoms with Gasteiger partial charge in [0.05, 0.1) is 18.3 Å². The summed E-state index contributed by atoms with van der Waals surface area (Å²) in [6.07, 6.45) is -0.117. The molecule has 0 N–H and O–H groups in total. The fourth-order valence-electron chi connectivity index (χ4n) is 2.53. The van der Waals surface area contributed by atoms with Crippen molar-refractivity contribution in [2.24, 2.45) is 0 Å². The van der Waals surface area contributed by atoms with Gasteiger partial charge in [-0.2, -0.15) is 0 Å². The molecule has 122 valence electrons. The number of carbonyl (C=O) groups is 1. The summed E-state index contributed by atoms with van der Waals surface area (Å²) in [6, 6.07) is 6.95. The number of nitrogens with zero attached hydrogens (tertiary/aromatic N) is 1. The van der Waals surface area contributed by atoms with Crippen molar-refractivity contribution in [3.63, 3.8) is 0 Å². The highest BCUT2D eigenvalue weighted by atomic mass is 35.5. The lowest BCUT2D eigenvalue weighted by Gasteiger charge is -2.42. The molecule has 1 aliphatic heterocycles. The van der Waals surface area contributed by atoms with Crippen LogP contribution < -0.4 is 4.74 Å². The van der Waals surface area contributed by atoms with Crippen LogP contribution in [0.25, 0.3) is 0 Å². The monoisotopic (exact) mass is 327 g/mol. The van der Waals surface area contributed by atoms with E-state index in [1.165, 1.54) is 0 Å². The maximum atomic E-state index is 12.4. The molecule has 1 aromatic carbocycles. The second-order valence-corrected chi connectivity index (χ2v) is 6.41. The number of hydrogen-bond acceptors (Lipinski definition) is 4. The molecule has 0 radical (unpaired) electrons. The number of hydrogen-bond donors (Lipinski definition) is 0. The van der Waals surface area contributed by atoms with Crippen molar-refractivity contribution >= 4 is 17.5 Å². The minimum atomic E-state index is -0.391. The van der Waals surface area contributed by atoms with Crippen LogP contribution in [-0.4, -0.2) is 55.9 Å². The van der Waals surface area contributed by atoms with Crippen molar-refractivity contribution in [1.82, 2.24) is 4.90 Å². The van der Waals surface area contributed by atoms with E-state index in [9.17, 15) is 4.79 Å². The lowest BCUT2D eigenvalue weighted by atomic mass is 10.1. The molecule has 1 aliphatic rings. The minimum Gasteiger partial charge on any atom is -0.484 e. The SMILES string of the molecule is COC[C@@H]1CN(C(=O)COc2ccc(Cl)cc2)CC(C)(C)O1. The number of benzene rings is 1. The summed E-state index contributed by atoms with van der Waals surface area (Å²) in [7, 11) is 1.63. The van der Waals surface area contributed by atoms with Crippen molar-refractivity contribution < 1.29 is 19.0 Å². The fraction of sp³-hybridized carbons (Fsp3) is 0.562. The van der Waals surface area contributed by atoms with Gasteiger partial charge in [0.2, 0.25) is 0 Å². The smallest absolute Gasteiger partial charge is 0.260 e. The molecule has 0 aromatic heterocycles. The van der Waals surface area contributed by atoms with Crippen LogP contribution in [0.1, 0.15) is 13.8 Å². The Morgan fingerprint density at radius 3 is 2.73 bits per heavy atom. The molecule has 6 heteroatoms. The summed E-state index contributed by atoms with van der Waals surface area (Å²) in [5.41, 5.74) is -0.391. The Kier molecular flexibility index (Phi) is 5.67. The summed E-state index contributed by atoms with van der Waals surface area (Å²) >= 11 is 5.82. The molecule has 2 rings (SSSR count). The largest absolute Gasteiger partial charge is 0.484 e. The third kappa shape index (κ3) is 4.87. The molecule has 0 saturated carbocycles. The van der Waals surface area contributed by atoms with E-state index in [2.05, 4.69) is 0 Å². The highest BCUT2D eigenvalue weighted by Gasteiger charge is 2.35. The Hall–Kier alpha value is -1.30. The maximum Gasteiger partial charge on any atom is 0.260 e. The molecule has 0 unspecified atom stereocenters. The summed E-state index contributed by atoms with van der Waals surface area (Å²) in [6.45, 7) is 5.45. The van der Waals surface area contributed by atoms with Crippen LogP contribution in [0.4, 0.5) is 0 Å². The zero-order chi connectivity index (χ0) is 16.2. The molecular formula is C16H22ClNO4. The van der Waals surface area contributed by atoms with Crippen molar-refractivity contribution in [2.75, 3.05) is 33.4 Å². The van der Waals surface area contributed by atoms with E-state index in [0.29, 0.717) is 30.5 Å². The molecule has 5 nitrogen and oxygen atoms in total. The van der Waals surface area contributed by atoms with Crippen molar-refractivity contribution in [3.05, 3.63) is 29.3 Å². The van der Waals surface area contributed by atoms with Gasteiger partial charge in [-0.05, 0) is 38.1 Å².